The number of benzene rings is 2. The van der Waals surface area contributed by atoms with E-state index in [-0.39, 0.29) is 11.9 Å². The molecule has 1 nitrogen and oxygen atoms in total. The molecule has 0 aliphatic rings. The van der Waals surface area contributed by atoms with Crippen LogP contribution in [0.25, 0.3) is 0 Å². The van der Waals surface area contributed by atoms with Gasteiger partial charge < -0.3 is 5.32 Å². The zero-order valence-electron chi connectivity index (χ0n) is 10.7. The van der Waals surface area contributed by atoms with Crippen LogP contribution < -0.4 is 5.32 Å². The van der Waals surface area contributed by atoms with Crippen molar-refractivity contribution in [2.75, 3.05) is 7.05 Å². The van der Waals surface area contributed by atoms with Gasteiger partial charge in [-0.2, -0.15) is 0 Å². The van der Waals surface area contributed by atoms with Gasteiger partial charge in [-0.1, -0.05) is 39.7 Å². The van der Waals surface area contributed by atoms with E-state index in [4.69, 9.17) is 11.6 Å². The summed E-state index contributed by atoms with van der Waals surface area (Å²) < 4.78 is 14.3. The van der Waals surface area contributed by atoms with Gasteiger partial charge in [-0.25, -0.2) is 4.39 Å². The first-order chi connectivity index (χ1) is 9.02. The third-order valence-electron chi connectivity index (χ3n) is 3.09. The maximum absolute atomic E-state index is 13.4. The Kier molecular flexibility index (Phi) is 4.61. The Labute approximate surface area is 125 Å². The molecule has 2 aromatic carbocycles. The Bertz CT molecular complexity index is 601. The van der Waals surface area contributed by atoms with Crippen molar-refractivity contribution in [2.24, 2.45) is 0 Å². The first-order valence-corrected chi connectivity index (χ1v) is 7.08. The highest BCUT2D eigenvalue weighted by Gasteiger charge is 2.16. The van der Waals surface area contributed by atoms with Gasteiger partial charge in [-0.3, -0.25) is 0 Å². The van der Waals surface area contributed by atoms with Crippen LogP contribution in [0.5, 0.6) is 0 Å². The molecule has 100 valence electrons. The summed E-state index contributed by atoms with van der Waals surface area (Å²) >= 11 is 9.62. The second-order valence-corrected chi connectivity index (χ2v) is 5.66. The lowest BCUT2D eigenvalue weighted by atomic mass is 9.98. The molecule has 19 heavy (non-hydrogen) atoms. The number of hydrogen-bond donors (Lipinski definition) is 1. The van der Waals surface area contributed by atoms with Gasteiger partial charge in [0.2, 0.25) is 0 Å². The van der Waals surface area contributed by atoms with Crippen molar-refractivity contribution in [3.63, 3.8) is 0 Å². The number of hydrogen-bond acceptors (Lipinski definition) is 1. The molecule has 0 saturated carbocycles. The minimum Gasteiger partial charge on any atom is -0.309 e. The lowest BCUT2D eigenvalue weighted by Crippen LogP contribution is -2.18. The lowest BCUT2D eigenvalue weighted by Gasteiger charge is -2.19. The summed E-state index contributed by atoms with van der Waals surface area (Å²) in [6, 6.07) is 10.4. The normalized spacial score (nSPS) is 12.5. The minimum absolute atomic E-state index is 0.108. The Balaban J connectivity index is 2.49. The van der Waals surface area contributed by atoms with Crippen molar-refractivity contribution < 1.29 is 4.39 Å². The van der Waals surface area contributed by atoms with Crippen molar-refractivity contribution in [1.82, 2.24) is 5.32 Å². The topological polar surface area (TPSA) is 12.0 Å². The summed E-state index contributed by atoms with van der Waals surface area (Å²) in [6.07, 6.45) is 0. The van der Waals surface area contributed by atoms with E-state index in [1.165, 1.54) is 12.1 Å². The van der Waals surface area contributed by atoms with Crippen molar-refractivity contribution in [2.45, 2.75) is 13.0 Å². The molecule has 0 aromatic heterocycles. The standard InChI is InChI=1S/C15H14BrClFN/c1-9-3-4-10(7-14(9)17)15(19-2)12-8-11(18)5-6-13(12)16/h3-8,15,19H,1-2H3. The van der Waals surface area contributed by atoms with Crippen LogP contribution in [0.3, 0.4) is 0 Å². The molecule has 0 saturated heterocycles. The second-order valence-electron chi connectivity index (χ2n) is 4.40. The summed E-state index contributed by atoms with van der Waals surface area (Å²) in [4.78, 5) is 0. The maximum atomic E-state index is 13.4. The molecular weight excluding hydrogens is 329 g/mol. The molecule has 1 atom stereocenters. The highest BCUT2D eigenvalue weighted by atomic mass is 79.9. The quantitative estimate of drug-likeness (QED) is 0.840. The highest BCUT2D eigenvalue weighted by molar-refractivity contribution is 9.10. The molecule has 0 aliphatic carbocycles. The molecule has 1 unspecified atom stereocenters. The third-order valence-corrected chi connectivity index (χ3v) is 4.22. The molecular formula is C15H14BrClFN. The fourth-order valence-corrected chi connectivity index (χ4v) is 2.69. The van der Waals surface area contributed by atoms with Crippen molar-refractivity contribution in [3.8, 4) is 0 Å². The predicted molar refractivity (Wildman–Crippen MR) is 81.2 cm³/mol. The smallest absolute Gasteiger partial charge is 0.123 e. The van der Waals surface area contributed by atoms with Gasteiger partial charge in [0.1, 0.15) is 5.82 Å². The van der Waals surface area contributed by atoms with Gasteiger partial charge in [0.15, 0.2) is 0 Å². The molecule has 2 rings (SSSR count). The van der Waals surface area contributed by atoms with E-state index in [1.54, 1.807) is 6.07 Å². The van der Waals surface area contributed by atoms with Crippen LogP contribution in [-0.4, -0.2) is 7.05 Å². The molecule has 1 N–H and O–H groups in total. The summed E-state index contributed by atoms with van der Waals surface area (Å²) in [5, 5.41) is 3.91. The van der Waals surface area contributed by atoms with Crippen LogP contribution >= 0.6 is 27.5 Å². The zero-order valence-corrected chi connectivity index (χ0v) is 13.0. The minimum atomic E-state index is -0.253. The number of halogens is 3. The van der Waals surface area contributed by atoms with Gasteiger partial charge in [0.05, 0.1) is 6.04 Å². The van der Waals surface area contributed by atoms with Crippen LogP contribution in [-0.2, 0) is 0 Å². The molecule has 2 aromatic rings. The van der Waals surface area contributed by atoms with E-state index < -0.39 is 0 Å². The Hall–Kier alpha value is -0.900. The summed E-state index contributed by atoms with van der Waals surface area (Å²) in [6.45, 7) is 1.96. The van der Waals surface area contributed by atoms with Crippen LogP contribution in [0.4, 0.5) is 4.39 Å². The number of nitrogens with one attached hydrogen (secondary N) is 1. The first-order valence-electron chi connectivity index (χ1n) is 5.91. The lowest BCUT2D eigenvalue weighted by molar-refractivity contribution is 0.615. The van der Waals surface area contributed by atoms with Gasteiger partial charge in [0.25, 0.3) is 0 Å². The zero-order chi connectivity index (χ0) is 14.0. The van der Waals surface area contributed by atoms with Crippen molar-refractivity contribution in [3.05, 3.63) is 68.4 Å². The van der Waals surface area contributed by atoms with E-state index in [0.29, 0.717) is 5.02 Å². The molecule has 0 aliphatic heterocycles. The average Bonchev–Trinajstić information content (AvgIpc) is 2.38. The van der Waals surface area contributed by atoms with Crippen molar-refractivity contribution >= 4 is 27.5 Å². The third kappa shape index (κ3) is 3.16. The molecule has 0 spiro atoms. The Morgan fingerprint density at radius 3 is 2.58 bits per heavy atom. The van der Waals surface area contributed by atoms with Crippen LogP contribution in [0.1, 0.15) is 22.7 Å². The molecule has 0 heterocycles. The number of aryl methyl sites for hydroxylation is 1. The molecule has 0 radical (unpaired) electrons. The van der Waals surface area contributed by atoms with E-state index in [9.17, 15) is 4.39 Å². The number of rotatable bonds is 3. The Morgan fingerprint density at radius 2 is 1.95 bits per heavy atom. The summed E-state index contributed by atoms with van der Waals surface area (Å²) in [7, 11) is 1.84. The second kappa shape index (κ2) is 6.04. The van der Waals surface area contributed by atoms with E-state index in [1.807, 2.05) is 32.2 Å². The molecule has 0 bridgehead atoms. The Morgan fingerprint density at radius 1 is 1.21 bits per heavy atom. The van der Waals surface area contributed by atoms with Crippen molar-refractivity contribution in [1.29, 1.82) is 0 Å². The van der Waals surface area contributed by atoms with Gasteiger partial charge in [0, 0.05) is 9.50 Å². The molecule has 0 amide bonds. The van der Waals surface area contributed by atoms with Gasteiger partial charge in [-0.05, 0) is 54.9 Å². The first kappa shape index (κ1) is 14.5. The predicted octanol–water partition coefficient (Wildman–Crippen LogP) is 4.86. The van der Waals surface area contributed by atoms with Crippen LogP contribution in [0, 0.1) is 12.7 Å². The summed E-state index contributed by atoms with van der Waals surface area (Å²) in [5.41, 5.74) is 2.88. The maximum Gasteiger partial charge on any atom is 0.123 e. The SMILES string of the molecule is CNC(c1ccc(C)c(Cl)c1)c1cc(F)ccc1Br. The fraction of sp³-hybridized carbons (Fsp3) is 0.200. The van der Waals surface area contributed by atoms with Gasteiger partial charge in [-0.15, -0.1) is 0 Å². The largest absolute Gasteiger partial charge is 0.309 e. The van der Waals surface area contributed by atoms with Crippen LogP contribution in [0.15, 0.2) is 40.9 Å². The van der Waals surface area contributed by atoms with E-state index >= 15 is 0 Å². The highest BCUT2D eigenvalue weighted by Crippen LogP contribution is 2.31. The van der Waals surface area contributed by atoms with E-state index in [0.717, 1.165) is 21.2 Å². The molecule has 4 heteroatoms. The van der Waals surface area contributed by atoms with E-state index in [2.05, 4.69) is 21.2 Å². The average molecular weight is 343 g/mol. The summed E-state index contributed by atoms with van der Waals surface area (Å²) in [5.74, 6) is -0.253. The van der Waals surface area contributed by atoms with Gasteiger partial charge >= 0.3 is 0 Å². The molecule has 0 fully saturated rings. The van der Waals surface area contributed by atoms with Crippen LogP contribution in [0.2, 0.25) is 5.02 Å². The monoisotopic (exact) mass is 341 g/mol. The fourth-order valence-electron chi connectivity index (χ4n) is 2.03.